The van der Waals surface area contributed by atoms with E-state index in [4.69, 9.17) is 15.2 Å². The lowest BCUT2D eigenvalue weighted by Gasteiger charge is -2.31. The summed E-state index contributed by atoms with van der Waals surface area (Å²) in [5.74, 6) is 1.59. The molecule has 3 N–H and O–H groups in total. The van der Waals surface area contributed by atoms with Crippen molar-refractivity contribution < 1.29 is 14.3 Å². The summed E-state index contributed by atoms with van der Waals surface area (Å²) in [6, 6.07) is 4.25. The van der Waals surface area contributed by atoms with Crippen LogP contribution in [0.1, 0.15) is 52.0 Å². The summed E-state index contributed by atoms with van der Waals surface area (Å²) >= 11 is 0. The van der Waals surface area contributed by atoms with E-state index in [1.165, 1.54) is 19.3 Å². The van der Waals surface area contributed by atoms with E-state index in [0.717, 1.165) is 28.6 Å². The van der Waals surface area contributed by atoms with Crippen LogP contribution in [0.4, 0.5) is 5.69 Å². The minimum Gasteiger partial charge on any atom is -0.490 e. The Kier molecular flexibility index (Phi) is 6.60. The predicted molar refractivity (Wildman–Crippen MR) is 112 cm³/mol. The SMILES string of the molecule is CCOc1cc2ncc(CC(N)=O)c(NC3CCCCC3C)c2cc1OCC. The fourth-order valence-electron chi connectivity index (χ4n) is 3.99. The van der Waals surface area contributed by atoms with Gasteiger partial charge in [0.2, 0.25) is 5.91 Å². The number of primary amides is 1. The van der Waals surface area contributed by atoms with Crippen LogP contribution in [-0.4, -0.2) is 30.1 Å². The maximum atomic E-state index is 11.6. The molecule has 1 aliphatic rings. The van der Waals surface area contributed by atoms with Gasteiger partial charge in [0, 0.05) is 34.9 Å². The summed E-state index contributed by atoms with van der Waals surface area (Å²) in [4.78, 5) is 16.2. The molecule has 1 fully saturated rings. The Morgan fingerprint density at radius 2 is 1.86 bits per heavy atom. The number of anilines is 1. The van der Waals surface area contributed by atoms with Gasteiger partial charge in [0.25, 0.3) is 0 Å². The zero-order chi connectivity index (χ0) is 20.1. The predicted octanol–water partition coefficient (Wildman–Crippen LogP) is 4.05. The number of nitrogens with two attached hydrogens (primary N) is 1. The Morgan fingerprint density at radius 1 is 1.18 bits per heavy atom. The number of fused-ring (bicyclic) bond motifs is 1. The normalized spacial score (nSPS) is 19.4. The fraction of sp³-hybridized carbons (Fsp3) is 0.545. The van der Waals surface area contributed by atoms with Crippen molar-refractivity contribution in [1.29, 1.82) is 0 Å². The average molecular weight is 386 g/mol. The minimum absolute atomic E-state index is 0.156. The topological polar surface area (TPSA) is 86.5 Å². The molecule has 152 valence electrons. The van der Waals surface area contributed by atoms with Gasteiger partial charge in [-0.05, 0) is 38.7 Å². The highest BCUT2D eigenvalue weighted by Crippen LogP contribution is 2.38. The molecular formula is C22H31N3O3. The molecule has 3 rings (SSSR count). The molecule has 1 saturated carbocycles. The largest absolute Gasteiger partial charge is 0.490 e. The highest BCUT2D eigenvalue weighted by atomic mass is 16.5. The number of pyridine rings is 1. The average Bonchev–Trinajstić information content (AvgIpc) is 2.66. The number of benzene rings is 1. The molecule has 2 unspecified atom stereocenters. The molecular weight excluding hydrogens is 354 g/mol. The van der Waals surface area contributed by atoms with E-state index in [9.17, 15) is 4.79 Å². The van der Waals surface area contributed by atoms with Crippen molar-refractivity contribution >= 4 is 22.5 Å². The molecule has 1 heterocycles. The van der Waals surface area contributed by atoms with Crippen LogP contribution < -0.4 is 20.5 Å². The number of rotatable bonds is 8. The summed E-state index contributed by atoms with van der Waals surface area (Å²) in [5, 5.41) is 4.66. The van der Waals surface area contributed by atoms with Crippen LogP contribution in [-0.2, 0) is 11.2 Å². The van der Waals surface area contributed by atoms with Crippen molar-refractivity contribution in [1.82, 2.24) is 4.98 Å². The van der Waals surface area contributed by atoms with E-state index >= 15 is 0 Å². The van der Waals surface area contributed by atoms with Crippen LogP contribution in [0.2, 0.25) is 0 Å². The third-order valence-corrected chi connectivity index (χ3v) is 5.42. The smallest absolute Gasteiger partial charge is 0.221 e. The second-order valence-electron chi connectivity index (χ2n) is 7.50. The number of carbonyl (C=O) groups is 1. The summed E-state index contributed by atoms with van der Waals surface area (Å²) in [6.45, 7) is 7.27. The van der Waals surface area contributed by atoms with Crippen LogP contribution in [0.15, 0.2) is 18.3 Å². The number of ether oxygens (including phenoxy) is 2. The molecule has 2 aromatic rings. The summed E-state index contributed by atoms with van der Waals surface area (Å²) in [5.41, 5.74) is 8.07. The van der Waals surface area contributed by atoms with E-state index in [2.05, 4.69) is 17.2 Å². The molecule has 28 heavy (non-hydrogen) atoms. The first-order valence-corrected chi connectivity index (χ1v) is 10.3. The number of nitrogens with zero attached hydrogens (tertiary/aromatic N) is 1. The van der Waals surface area contributed by atoms with Gasteiger partial charge in [0.15, 0.2) is 11.5 Å². The summed E-state index contributed by atoms with van der Waals surface area (Å²) in [6.07, 6.45) is 6.73. The number of amides is 1. The van der Waals surface area contributed by atoms with Gasteiger partial charge in [-0.1, -0.05) is 19.8 Å². The lowest BCUT2D eigenvalue weighted by Crippen LogP contribution is -2.31. The second-order valence-corrected chi connectivity index (χ2v) is 7.50. The highest BCUT2D eigenvalue weighted by molar-refractivity contribution is 5.96. The molecule has 1 amide bonds. The highest BCUT2D eigenvalue weighted by Gasteiger charge is 2.24. The molecule has 0 spiro atoms. The van der Waals surface area contributed by atoms with Crippen LogP contribution in [0, 0.1) is 5.92 Å². The maximum absolute atomic E-state index is 11.6. The number of aromatic nitrogens is 1. The Bertz CT molecular complexity index is 837. The van der Waals surface area contributed by atoms with Gasteiger partial charge in [0.1, 0.15) is 0 Å². The number of hydrogen-bond donors (Lipinski definition) is 2. The fourth-order valence-corrected chi connectivity index (χ4v) is 3.99. The first-order valence-electron chi connectivity index (χ1n) is 10.3. The van der Waals surface area contributed by atoms with E-state index in [-0.39, 0.29) is 12.3 Å². The minimum atomic E-state index is -0.364. The van der Waals surface area contributed by atoms with Crippen molar-refractivity contribution in [2.45, 2.75) is 58.9 Å². The Hall–Kier alpha value is -2.50. The van der Waals surface area contributed by atoms with Crippen molar-refractivity contribution in [2.24, 2.45) is 11.7 Å². The van der Waals surface area contributed by atoms with Crippen molar-refractivity contribution in [3.63, 3.8) is 0 Å². The van der Waals surface area contributed by atoms with E-state index in [0.29, 0.717) is 36.7 Å². The van der Waals surface area contributed by atoms with Gasteiger partial charge >= 0.3 is 0 Å². The number of hydrogen-bond acceptors (Lipinski definition) is 5. The third-order valence-electron chi connectivity index (χ3n) is 5.42. The Morgan fingerprint density at radius 3 is 2.50 bits per heavy atom. The van der Waals surface area contributed by atoms with Gasteiger partial charge < -0.3 is 20.5 Å². The van der Waals surface area contributed by atoms with Gasteiger partial charge in [-0.3, -0.25) is 9.78 Å². The maximum Gasteiger partial charge on any atom is 0.221 e. The van der Waals surface area contributed by atoms with Gasteiger partial charge in [-0.2, -0.15) is 0 Å². The standard InChI is InChI=1S/C22H31N3O3/c1-4-27-19-11-16-18(12-20(19)28-5-2)24-13-15(10-21(23)26)22(16)25-17-9-7-6-8-14(17)3/h11-14,17H,4-10H2,1-3H3,(H2,23,26)(H,24,25). The molecule has 6 nitrogen and oxygen atoms in total. The first kappa shape index (κ1) is 20.2. The van der Waals surface area contributed by atoms with Crippen molar-refractivity contribution in [2.75, 3.05) is 18.5 Å². The van der Waals surface area contributed by atoms with Crippen LogP contribution in [0.5, 0.6) is 11.5 Å². The molecule has 1 aromatic heterocycles. The molecule has 6 heteroatoms. The zero-order valence-corrected chi connectivity index (χ0v) is 17.1. The van der Waals surface area contributed by atoms with Gasteiger partial charge in [-0.25, -0.2) is 0 Å². The first-order chi connectivity index (χ1) is 13.5. The third kappa shape index (κ3) is 4.49. The molecule has 0 aliphatic heterocycles. The second kappa shape index (κ2) is 9.13. The lowest BCUT2D eigenvalue weighted by molar-refractivity contribution is -0.117. The van der Waals surface area contributed by atoms with E-state index in [1.54, 1.807) is 6.20 Å². The monoisotopic (exact) mass is 385 g/mol. The van der Waals surface area contributed by atoms with Crippen LogP contribution in [0.3, 0.4) is 0 Å². The van der Waals surface area contributed by atoms with E-state index in [1.807, 2.05) is 26.0 Å². The van der Waals surface area contributed by atoms with Gasteiger partial charge in [0.05, 0.1) is 25.2 Å². The molecule has 1 aliphatic carbocycles. The molecule has 0 radical (unpaired) electrons. The zero-order valence-electron chi connectivity index (χ0n) is 17.1. The lowest BCUT2D eigenvalue weighted by atomic mass is 9.85. The molecule has 1 aromatic carbocycles. The summed E-state index contributed by atoms with van der Waals surface area (Å²) in [7, 11) is 0. The van der Waals surface area contributed by atoms with Crippen molar-refractivity contribution in [3.8, 4) is 11.5 Å². The van der Waals surface area contributed by atoms with Gasteiger partial charge in [-0.15, -0.1) is 0 Å². The Labute approximate surface area is 166 Å². The van der Waals surface area contributed by atoms with Crippen LogP contribution in [0.25, 0.3) is 10.9 Å². The summed E-state index contributed by atoms with van der Waals surface area (Å²) < 4.78 is 11.6. The van der Waals surface area contributed by atoms with Crippen molar-refractivity contribution in [3.05, 3.63) is 23.9 Å². The molecule has 2 atom stereocenters. The Balaban J connectivity index is 2.11. The molecule has 0 saturated heterocycles. The number of nitrogens with one attached hydrogen (secondary N) is 1. The van der Waals surface area contributed by atoms with Crippen LogP contribution >= 0.6 is 0 Å². The quantitative estimate of drug-likeness (QED) is 0.716. The number of carbonyl (C=O) groups excluding carboxylic acids is 1. The molecule has 0 bridgehead atoms. The van der Waals surface area contributed by atoms with E-state index < -0.39 is 0 Å².